The highest BCUT2D eigenvalue weighted by molar-refractivity contribution is 7.11. The zero-order valence-corrected chi connectivity index (χ0v) is 13.0. The Morgan fingerprint density at radius 2 is 1.95 bits per heavy atom. The smallest absolute Gasteiger partial charge is 0.0946 e. The third kappa shape index (κ3) is 2.29. The minimum atomic E-state index is 0.170. The van der Waals surface area contributed by atoms with Gasteiger partial charge in [-0.1, -0.05) is 36.8 Å². The quantitative estimate of drug-likeness (QED) is 0.929. The van der Waals surface area contributed by atoms with Crippen LogP contribution in [0.4, 0.5) is 0 Å². The van der Waals surface area contributed by atoms with Gasteiger partial charge in [-0.2, -0.15) is 0 Å². The van der Waals surface area contributed by atoms with Gasteiger partial charge in [0.1, 0.15) is 0 Å². The van der Waals surface area contributed by atoms with E-state index in [1.54, 1.807) is 11.3 Å². The van der Waals surface area contributed by atoms with Crippen LogP contribution in [-0.2, 0) is 11.8 Å². The van der Waals surface area contributed by atoms with E-state index in [1.807, 2.05) is 0 Å². The lowest BCUT2D eigenvalue weighted by molar-refractivity contribution is 0.194. The fourth-order valence-electron chi connectivity index (χ4n) is 3.21. The van der Waals surface area contributed by atoms with Gasteiger partial charge in [0.15, 0.2) is 0 Å². The van der Waals surface area contributed by atoms with Gasteiger partial charge in [-0.25, -0.2) is 4.98 Å². The molecule has 20 heavy (non-hydrogen) atoms. The van der Waals surface area contributed by atoms with E-state index in [2.05, 4.69) is 49.2 Å². The van der Waals surface area contributed by atoms with Crippen LogP contribution in [0, 0.1) is 13.8 Å². The fourth-order valence-corrected chi connectivity index (χ4v) is 4.20. The summed E-state index contributed by atoms with van der Waals surface area (Å²) in [6.07, 6.45) is 4.61. The molecule has 106 valence electrons. The summed E-state index contributed by atoms with van der Waals surface area (Å²) in [6, 6.07) is 11.0. The molecule has 3 heteroatoms. The van der Waals surface area contributed by atoms with Gasteiger partial charge >= 0.3 is 0 Å². The Labute approximate surface area is 125 Å². The second-order valence-corrected chi connectivity index (χ2v) is 7.22. The highest BCUT2D eigenvalue weighted by atomic mass is 32.1. The summed E-state index contributed by atoms with van der Waals surface area (Å²) in [6.45, 7) is 4.22. The maximum absolute atomic E-state index is 6.60. The molecule has 1 aliphatic carbocycles. The Balaban J connectivity index is 1.83. The molecule has 3 rings (SSSR count). The Kier molecular flexibility index (Phi) is 3.65. The van der Waals surface area contributed by atoms with Crippen LogP contribution in [0.25, 0.3) is 0 Å². The van der Waals surface area contributed by atoms with E-state index in [9.17, 15) is 0 Å². The fraction of sp³-hybridized carbons (Fsp3) is 0.471. The molecule has 0 aliphatic heterocycles. The van der Waals surface area contributed by atoms with E-state index in [0.717, 1.165) is 12.1 Å². The topological polar surface area (TPSA) is 38.9 Å². The SMILES string of the molecule is Cc1nc(CC(N)C2(c3ccccc3)CCC2)sc1C. The number of rotatable bonds is 4. The van der Waals surface area contributed by atoms with Gasteiger partial charge in [0.25, 0.3) is 0 Å². The van der Waals surface area contributed by atoms with Gasteiger partial charge in [0.05, 0.1) is 10.7 Å². The average molecular weight is 286 g/mol. The van der Waals surface area contributed by atoms with Gasteiger partial charge in [0.2, 0.25) is 0 Å². The van der Waals surface area contributed by atoms with Crippen LogP contribution in [0.2, 0.25) is 0 Å². The van der Waals surface area contributed by atoms with Crippen molar-refractivity contribution < 1.29 is 0 Å². The summed E-state index contributed by atoms with van der Waals surface area (Å²) >= 11 is 1.80. The lowest BCUT2D eigenvalue weighted by Crippen LogP contribution is -2.51. The molecular formula is C17H22N2S. The number of aryl methyl sites for hydroxylation is 2. The zero-order valence-electron chi connectivity index (χ0n) is 12.2. The molecule has 2 N–H and O–H groups in total. The maximum Gasteiger partial charge on any atom is 0.0946 e. The largest absolute Gasteiger partial charge is 0.327 e. The van der Waals surface area contributed by atoms with Crippen molar-refractivity contribution in [2.45, 2.75) is 51.0 Å². The standard InChI is InChI=1S/C17H22N2S/c1-12-13(2)20-16(19-12)11-15(18)17(9-6-10-17)14-7-4-3-5-8-14/h3-5,7-8,15H,6,9-11,18H2,1-2H3. The van der Waals surface area contributed by atoms with Crippen molar-refractivity contribution >= 4 is 11.3 Å². The third-order valence-electron chi connectivity index (χ3n) is 4.77. The highest BCUT2D eigenvalue weighted by Crippen LogP contribution is 2.46. The van der Waals surface area contributed by atoms with Crippen molar-refractivity contribution in [2.24, 2.45) is 5.73 Å². The van der Waals surface area contributed by atoms with Gasteiger partial charge in [-0.05, 0) is 32.3 Å². The second-order valence-electron chi connectivity index (χ2n) is 5.94. The van der Waals surface area contributed by atoms with Crippen molar-refractivity contribution in [3.63, 3.8) is 0 Å². The lowest BCUT2D eigenvalue weighted by atomic mass is 9.60. The number of hydrogen-bond donors (Lipinski definition) is 1. The van der Waals surface area contributed by atoms with E-state index in [4.69, 9.17) is 5.73 Å². The highest BCUT2D eigenvalue weighted by Gasteiger charge is 2.43. The van der Waals surface area contributed by atoms with E-state index in [1.165, 1.54) is 34.7 Å². The molecule has 1 aliphatic rings. The molecule has 1 atom stereocenters. The number of benzene rings is 1. The summed E-state index contributed by atoms with van der Waals surface area (Å²) in [5.74, 6) is 0. The van der Waals surface area contributed by atoms with Crippen LogP contribution < -0.4 is 5.73 Å². The van der Waals surface area contributed by atoms with Crippen LogP contribution in [0.1, 0.15) is 40.4 Å². The summed E-state index contributed by atoms with van der Waals surface area (Å²) < 4.78 is 0. The first-order chi connectivity index (χ1) is 9.62. The van der Waals surface area contributed by atoms with E-state index < -0.39 is 0 Å². The van der Waals surface area contributed by atoms with E-state index in [0.29, 0.717) is 0 Å². The third-order valence-corrected chi connectivity index (χ3v) is 5.87. The van der Waals surface area contributed by atoms with Crippen LogP contribution in [0.15, 0.2) is 30.3 Å². The van der Waals surface area contributed by atoms with Crippen molar-refractivity contribution in [3.8, 4) is 0 Å². The van der Waals surface area contributed by atoms with Crippen LogP contribution >= 0.6 is 11.3 Å². The van der Waals surface area contributed by atoms with Crippen molar-refractivity contribution in [1.29, 1.82) is 0 Å². The second kappa shape index (κ2) is 5.30. The number of aromatic nitrogens is 1. The molecule has 1 saturated carbocycles. The first-order valence-electron chi connectivity index (χ1n) is 7.36. The number of hydrogen-bond acceptors (Lipinski definition) is 3. The van der Waals surface area contributed by atoms with Crippen molar-refractivity contribution in [1.82, 2.24) is 4.98 Å². The summed E-state index contributed by atoms with van der Waals surface area (Å²) in [5.41, 5.74) is 9.34. The minimum Gasteiger partial charge on any atom is -0.327 e. The normalized spacial score (nSPS) is 18.6. The summed E-state index contributed by atoms with van der Waals surface area (Å²) in [4.78, 5) is 5.97. The van der Waals surface area contributed by atoms with Gasteiger partial charge in [0, 0.05) is 22.8 Å². The molecule has 1 unspecified atom stereocenters. The van der Waals surface area contributed by atoms with Gasteiger partial charge in [-0.3, -0.25) is 0 Å². The molecule has 0 bridgehead atoms. The van der Waals surface area contributed by atoms with E-state index in [-0.39, 0.29) is 11.5 Å². The molecule has 2 nitrogen and oxygen atoms in total. The Morgan fingerprint density at radius 1 is 1.25 bits per heavy atom. The average Bonchev–Trinajstić information content (AvgIpc) is 2.68. The number of nitrogens with zero attached hydrogens (tertiary/aromatic N) is 1. The molecule has 1 heterocycles. The lowest BCUT2D eigenvalue weighted by Gasteiger charge is -2.47. The first kappa shape index (κ1) is 13.8. The number of nitrogens with two attached hydrogens (primary N) is 1. The van der Waals surface area contributed by atoms with Crippen LogP contribution in [0.5, 0.6) is 0 Å². The van der Waals surface area contributed by atoms with Gasteiger partial charge in [-0.15, -0.1) is 11.3 Å². The molecule has 1 fully saturated rings. The van der Waals surface area contributed by atoms with Crippen molar-refractivity contribution in [3.05, 3.63) is 51.5 Å². The molecule has 0 saturated heterocycles. The molecule has 0 spiro atoms. The molecular weight excluding hydrogens is 264 g/mol. The molecule has 0 radical (unpaired) electrons. The predicted molar refractivity (Wildman–Crippen MR) is 85.2 cm³/mol. The predicted octanol–water partition coefficient (Wildman–Crippen LogP) is 3.75. The molecule has 2 aromatic rings. The van der Waals surface area contributed by atoms with E-state index >= 15 is 0 Å². The molecule has 0 amide bonds. The van der Waals surface area contributed by atoms with Crippen molar-refractivity contribution in [2.75, 3.05) is 0 Å². The Bertz CT molecular complexity index is 565. The first-order valence-corrected chi connectivity index (χ1v) is 8.17. The molecule has 1 aromatic heterocycles. The minimum absolute atomic E-state index is 0.170. The number of thiazole rings is 1. The van der Waals surface area contributed by atoms with Crippen LogP contribution in [-0.4, -0.2) is 11.0 Å². The summed E-state index contributed by atoms with van der Waals surface area (Å²) in [5, 5.41) is 1.19. The maximum atomic E-state index is 6.60. The summed E-state index contributed by atoms with van der Waals surface area (Å²) in [7, 11) is 0. The monoisotopic (exact) mass is 286 g/mol. The zero-order chi connectivity index (χ0) is 14.2. The molecule has 1 aromatic carbocycles. The Morgan fingerprint density at radius 3 is 2.45 bits per heavy atom. The van der Waals surface area contributed by atoms with Gasteiger partial charge < -0.3 is 5.73 Å². The van der Waals surface area contributed by atoms with Crippen LogP contribution in [0.3, 0.4) is 0 Å². The Hall–Kier alpha value is -1.19.